The fourth-order valence-corrected chi connectivity index (χ4v) is 3.50. The molecule has 2 aromatic rings. The van der Waals surface area contributed by atoms with Crippen molar-refractivity contribution in [1.82, 2.24) is 15.5 Å². The van der Waals surface area contributed by atoms with Crippen LogP contribution in [0.1, 0.15) is 12.0 Å². The third-order valence-electron chi connectivity index (χ3n) is 4.65. The average Bonchev–Trinajstić information content (AvgIpc) is 2.73. The Morgan fingerprint density at radius 1 is 1.28 bits per heavy atom. The molecule has 1 aliphatic rings. The van der Waals surface area contributed by atoms with Crippen molar-refractivity contribution in [1.29, 1.82) is 0 Å². The van der Waals surface area contributed by atoms with Crippen molar-refractivity contribution >= 4 is 52.0 Å². The van der Waals surface area contributed by atoms with Gasteiger partial charge in [0.15, 0.2) is 5.11 Å². The Balaban J connectivity index is 1.69. The highest BCUT2D eigenvalue weighted by molar-refractivity contribution is 7.80. The zero-order valence-corrected chi connectivity index (χ0v) is 16.7. The van der Waals surface area contributed by atoms with Crippen LogP contribution in [0.15, 0.2) is 48.5 Å². The Hall–Kier alpha value is -3.26. The molecule has 0 aromatic heterocycles. The molecule has 2 aromatic carbocycles. The first kappa shape index (κ1) is 20.5. The maximum Gasteiger partial charge on any atom is 0.308 e. The number of hydrogen-bond acceptors (Lipinski definition) is 5. The van der Waals surface area contributed by atoms with Crippen LogP contribution in [0, 0.1) is 0 Å². The van der Waals surface area contributed by atoms with Gasteiger partial charge in [0.25, 0.3) is 0 Å². The van der Waals surface area contributed by atoms with Crippen molar-refractivity contribution in [3.05, 3.63) is 54.1 Å². The first-order valence-corrected chi connectivity index (χ1v) is 9.52. The Bertz CT molecular complexity index is 984. The molecular weight excluding hydrogens is 390 g/mol. The fourth-order valence-electron chi connectivity index (χ4n) is 3.18. The fraction of sp³-hybridized carbons (Fsp3) is 0.238. The van der Waals surface area contributed by atoms with Crippen LogP contribution in [0.25, 0.3) is 16.8 Å². The number of carbonyl (C=O) groups excluding carboxylic acids is 3. The minimum absolute atomic E-state index is 0.0984. The largest absolute Gasteiger partial charge is 0.469 e. The van der Waals surface area contributed by atoms with Crippen molar-refractivity contribution < 1.29 is 19.1 Å². The van der Waals surface area contributed by atoms with Gasteiger partial charge in [-0.05, 0) is 34.6 Å². The van der Waals surface area contributed by atoms with E-state index in [2.05, 4.69) is 15.4 Å². The zero-order chi connectivity index (χ0) is 20.8. The Morgan fingerprint density at radius 3 is 2.83 bits per heavy atom. The van der Waals surface area contributed by atoms with Gasteiger partial charge < -0.3 is 15.0 Å². The van der Waals surface area contributed by atoms with Crippen LogP contribution in [-0.2, 0) is 19.1 Å². The monoisotopic (exact) mass is 411 g/mol. The Labute approximate surface area is 173 Å². The van der Waals surface area contributed by atoms with E-state index in [-0.39, 0.29) is 17.4 Å². The maximum atomic E-state index is 12.4. The molecule has 1 aliphatic heterocycles. The summed E-state index contributed by atoms with van der Waals surface area (Å²) in [4.78, 5) is 37.7. The van der Waals surface area contributed by atoms with Crippen LogP contribution >= 0.6 is 12.2 Å². The minimum atomic E-state index is -0.814. The van der Waals surface area contributed by atoms with Crippen molar-refractivity contribution in [2.45, 2.75) is 12.5 Å². The van der Waals surface area contributed by atoms with E-state index >= 15 is 0 Å². The molecule has 2 amide bonds. The summed E-state index contributed by atoms with van der Waals surface area (Å²) in [7, 11) is 1.26. The van der Waals surface area contributed by atoms with Crippen LogP contribution in [0.2, 0.25) is 0 Å². The predicted octanol–water partition coefficient (Wildman–Crippen LogP) is 1.62. The molecule has 0 aliphatic carbocycles. The number of hydrogen-bond donors (Lipinski definition) is 2. The lowest BCUT2D eigenvalue weighted by Crippen LogP contribution is -2.60. The number of rotatable bonds is 4. The standard InChI is InChI=1S/C21H21N3O4S/c1-28-19(26)13-17-20(27)22-11-12-24(17)21(29)23-18(25)10-9-15-7-4-6-14-5-2-3-8-16(14)15/h2-10,17H,11-13H2,1H3,(H,22,27)(H,23,25,29)/b10-9+. The van der Waals surface area contributed by atoms with Crippen molar-refractivity contribution in [3.8, 4) is 0 Å². The summed E-state index contributed by atoms with van der Waals surface area (Å²) in [6.45, 7) is 0.762. The number of fused-ring (bicyclic) bond motifs is 1. The summed E-state index contributed by atoms with van der Waals surface area (Å²) in [5, 5.41) is 7.51. The van der Waals surface area contributed by atoms with Crippen LogP contribution in [0.3, 0.4) is 0 Å². The van der Waals surface area contributed by atoms with Crippen LogP contribution in [0.4, 0.5) is 0 Å². The number of esters is 1. The van der Waals surface area contributed by atoms with E-state index in [1.807, 2.05) is 42.5 Å². The van der Waals surface area contributed by atoms with Gasteiger partial charge in [0.1, 0.15) is 6.04 Å². The molecule has 150 valence electrons. The lowest BCUT2D eigenvalue weighted by Gasteiger charge is -2.35. The van der Waals surface area contributed by atoms with Crippen LogP contribution < -0.4 is 10.6 Å². The summed E-state index contributed by atoms with van der Waals surface area (Å²) in [6, 6.07) is 12.9. The summed E-state index contributed by atoms with van der Waals surface area (Å²) < 4.78 is 4.65. The number of piperazine rings is 1. The second-order valence-corrected chi connectivity index (χ2v) is 6.86. The Kier molecular flexibility index (Phi) is 6.56. The van der Waals surface area contributed by atoms with Crippen LogP contribution in [-0.4, -0.2) is 54.0 Å². The Morgan fingerprint density at radius 2 is 2.03 bits per heavy atom. The van der Waals surface area contributed by atoms with E-state index in [1.54, 1.807) is 6.08 Å². The number of benzene rings is 2. The first-order chi connectivity index (χ1) is 14.0. The van der Waals surface area contributed by atoms with Crippen LogP contribution in [0.5, 0.6) is 0 Å². The van der Waals surface area contributed by atoms with Crippen molar-refractivity contribution in [2.75, 3.05) is 20.2 Å². The molecule has 29 heavy (non-hydrogen) atoms. The van der Waals surface area contributed by atoms with Crippen molar-refractivity contribution in [2.24, 2.45) is 0 Å². The molecule has 2 N–H and O–H groups in total. The van der Waals surface area contributed by atoms with Gasteiger partial charge in [-0.2, -0.15) is 0 Å². The summed E-state index contributed by atoms with van der Waals surface area (Å²) >= 11 is 5.31. The molecule has 1 unspecified atom stereocenters. The summed E-state index contributed by atoms with van der Waals surface area (Å²) in [5.74, 6) is -1.27. The highest BCUT2D eigenvalue weighted by Gasteiger charge is 2.33. The summed E-state index contributed by atoms with van der Waals surface area (Å²) in [6.07, 6.45) is 2.96. The maximum absolute atomic E-state index is 12.4. The molecule has 3 rings (SSSR count). The lowest BCUT2D eigenvalue weighted by atomic mass is 10.0. The van der Waals surface area contributed by atoms with E-state index in [9.17, 15) is 14.4 Å². The molecule has 0 bridgehead atoms. The molecule has 1 fully saturated rings. The van der Waals surface area contributed by atoms with Gasteiger partial charge in [-0.1, -0.05) is 42.5 Å². The number of nitrogens with zero attached hydrogens (tertiary/aromatic N) is 1. The number of carbonyl (C=O) groups is 3. The van der Waals surface area contributed by atoms with E-state index in [0.29, 0.717) is 13.1 Å². The topological polar surface area (TPSA) is 87.7 Å². The van der Waals surface area contributed by atoms with Gasteiger partial charge in [0.05, 0.1) is 13.5 Å². The zero-order valence-electron chi connectivity index (χ0n) is 15.9. The number of amides is 2. The number of methoxy groups -OCH3 is 1. The molecule has 1 saturated heterocycles. The molecule has 7 nitrogen and oxygen atoms in total. The van der Waals surface area contributed by atoms with E-state index in [1.165, 1.54) is 18.1 Å². The molecule has 1 atom stereocenters. The molecule has 0 radical (unpaired) electrons. The van der Waals surface area contributed by atoms with Gasteiger partial charge in [-0.15, -0.1) is 0 Å². The third kappa shape index (κ3) is 4.97. The normalized spacial score (nSPS) is 16.5. The predicted molar refractivity (Wildman–Crippen MR) is 114 cm³/mol. The second-order valence-electron chi connectivity index (χ2n) is 6.48. The van der Waals surface area contributed by atoms with Gasteiger partial charge in [-0.3, -0.25) is 19.7 Å². The van der Waals surface area contributed by atoms with Gasteiger partial charge in [-0.25, -0.2) is 0 Å². The second kappa shape index (κ2) is 9.29. The quantitative estimate of drug-likeness (QED) is 0.452. The first-order valence-electron chi connectivity index (χ1n) is 9.11. The molecule has 0 saturated carbocycles. The average molecular weight is 411 g/mol. The van der Waals surface area contributed by atoms with Crippen molar-refractivity contribution in [3.63, 3.8) is 0 Å². The SMILES string of the molecule is COC(=O)CC1C(=O)NCCN1C(=S)NC(=O)/C=C/c1cccc2ccccc12. The smallest absolute Gasteiger partial charge is 0.308 e. The highest BCUT2D eigenvalue weighted by Crippen LogP contribution is 2.19. The highest BCUT2D eigenvalue weighted by atomic mass is 32.1. The third-order valence-corrected chi connectivity index (χ3v) is 4.98. The van der Waals surface area contributed by atoms with E-state index < -0.39 is 17.9 Å². The molecule has 1 heterocycles. The van der Waals surface area contributed by atoms with Gasteiger partial charge >= 0.3 is 5.97 Å². The van der Waals surface area contributed by atoms with E-state index in [4.69, 9.17) is 12.2 Å². The molecule has 0 spiro atoms. The number of nitrogens with one attached hydrogen (secondary N) is 2. The number of ether oxygens (including phenoxy) is 1. The van der Waals surface area contributed by atoms with E-state index in [0.717, 1.165) is 16.3 Å². The van der Waals surface area contributed by atoms with Gasteiger partial charge in [0, 0.05) is 19.2 Å². The molecule has 8 heteroatoms. The minimum Gasteiger partial charge on any atom is -0.469 e. The number of thiocarbonyl (C=S) groups is 1. The summed E-state index contributed by atoms with van der Waals surface area (Å²) in [5.41, 5.74) is 0.907. The molecular formula is C21H21N3O4S. The lowest BCUT2D eigenvalue weighted by molar-refractivity contribution is -0.144. The van der Waals surface area contributed by atoms with Gasteiger partial charge in [0.2, 0.25) is 11.8 Å².